The number of hydrogen-bond donors (Lipinski definition) is 2. The van der Waals surface area contributed by atoms with Crippen LogP contribution in [0.1, 0.15) is 57.7 Å². The van der Waals surface area contributed by atoms with Crippen molar-refractivity contribution in [2.75, 3.05) is 26.2 Å². The van der Waals surface area contributed by atoms with Crippen LogP contribution in [0.25, 0.3) is 16.3 Å². The molecule has 2 aromatic heterocycles. The van der Waals surface area contributed by atoms with E-state index >= 15 is 0 Å². The molecular formula is C33H30Cl2F4N6O3S2. The number of aromatic nitrogens is 2. The first-order chi connectivity index (χ1) is 23.8. The highest BCUT2D eigenvalue weighted by Gasteiger charge is 2.34. The second-order valence-electron chi connectivity index (χ2n) is 11.7. The van der Waals surface area contributed by atoms with Crippen molar-refractivity contribution in [2.45, 2.75) is 44.6 Å². The molecule has 2 aromatic carbocycles. The van der Waals surface area contributed by atoms with Gasteiger partial charge >= 0.3 is 6.18 Å². The molecule has 9 nitrogen and oxygen atoms in total. The number of thiophene rings is 1. The molecule has 2 aliphatic heterocycles. The Kier molecular flexibility index (Phi) is 10.9. The summed E-state index contributed by atoms with van der Waals surface area (Å²) in [5.74, 6) is 5.27. The summed E-state index contributed by atoms with van der Waals surface area (Å²) < 4.78 is 84.5. The molecule has 6 rings (SSSR count). The van der Waals surface area contributed by atoms with Gasteiger partial charge in [0, 0.05) is 48.9 Å². The lowest BCUT2D eigenvalue weighted by Gasteiger charge is -2.26. The lowest BCUT2D eigenvalue weighted by molar-refractivity contribution is -0.137. The molecule has 2 fully saturated rings. The number of benzene rings is 2. The summed E-state index contributed by atoms with van der Waals surface area (Å²) in [7, 11) is -4.14. The van der Waals surface area contributed by atoms with Crippen LogP contribution in [-0.4, -0.2) is 65.8 Å². The standard InChI is InChI=1S/C33H30Cl2F4N6O3S2/c34-23-9-12-28(27(35)18-23)45-31(29-13-11-25(49-29)10-6-21-4-7-22(8-5-21)33(37,38)39)26(19-40-50(47,48)44-17-14-24(36)20-44)30(41-45)32(46)42-43-15-2-1-3-16-43/h4-5,7-9,11-13,18,24,40H,1-3,14-17,19-20H2,(H,42,46)/t24-/m1/s1. The first-order valence-electron chi connectivity index (χ1n) is 15.6. The molecule has 4 heterocycles. The number of rotatable bonds is 8. The van der Waals surface area contributed by atoms with Crippen molar-refractivity contribution in [1.29, 1.82) is 0 Å². The van der Waals surface area contributed by atoms with Gasteiger partial charge in [0.25, 0.3) is 16.1 Å². The van der Waals surface area contributed by atoms with Crippen molar-refractivity contribution in [2.24, 2.45) is 0 Å². The summed E-state index contributed by atoms with van der Waals surface area (Å²) in [5.41, 5.74) is 3.36. The van der Waals surface area contributed by atoms with E-state index in [-0.39, 0.29) is 42.3 Å². The van der Waals surface area contributed by atoms with Gasteiger partial charge in [-0.3, -0.25) is 10.2 Å². The number of nitrogens with one attached hydrogen (secondary N) is 2. The molecule has 4 aromatic rings. The number of hydrogen-bond acceptors (Lipinski definition) is 6. The maximum Gasteiger partial charge on any atom is 0.416 e. The van der Waals surface area contributed by atoms with E-state index in [0.717, 1.165) is 35.7 Å². The van der Waals surface area contributed by atoms with E-state index in [4.69, 9.17) is 23.2 Å². The average Bonchev–Trinajstić information content (AvgIpc) is 3.82. The van der Waals surface area contributed by atoms with Crippen molar-refractivity contribution in [3.05, 3.63) is 91.9 Å². The Morgan fingerprint density at radius 3 is 2.40 bits per heavy atom. The van der Waals surface area contributed by atoms with Gasteiger partial charge in [-0.2, -0.15) is 35.7 Å². The molecule has 50 heavy (non-hydrogen) atoms. The number of nitrogens with zero attached hydrogens (tertiary/aromatic N) is 4. The number of halogens is 6. The third kappa shape index (κ3) is 8.34. The van der Waals surface area contributed by atoms with Crippen LogP contribution < -0.4 is 10.1 Å². The van der Waals surface area contributed by atoms with Crippen molar-refractivity contribution >= 4 is 50.7 Å². The third-order valence-electron chi connectivity index (χ3n) is 8.20. The molecule has 2 N–H and O–H groups in total. The van der Waals surface area contributed by atoms with E-state index in [2.05, 4.69) is 27.1 Å². The minimum absolute atomic E-state index is 0.0111. The highest BCUT2D eigenvalue weighted by molar-refractivity contribution is 7.87. The number of hydrazine groups is 1. The van der Waals surface area contributed by atoms with Crippen LogP contribution in [0.5, 0.6) is 0 Å². The average molecular weight is 770 g/mol. The van der Waals surface area contributed by atoms with Gasteiger partial charge in [-0.1, -0.05) is 41.5 Å². The Hall–Kier alpha value is -3.49. The molecule has 2 aliphatic rings. The second-order valence-corrected chi connectivity index (χ2v) is 15.4. The number of amides is 1. The van der Waals surface area contributed by atoms with Gasteiger partial charge in [0.2, 0.25) is 0 Å². The van der Waals surface area contributed by atoms with Crippen molar-refractivity contribution in [3.8, 4) is 28.1 Å². The fourth-order valence-corrected chi connectivity index (χ4v) is 8.27. The highest BCUT2D eigenvalue weighted by atomic mass is 35.5. The molecule has 0 bridgehead atoms. The SMILES string of the molecule is O=C(NN1CCCCC1)c1nn(-c2ccc(Cl)cc2Cl)c(-c2ccc(C#Cc3ccc(C(F)(F)F)cc3)s2)c1CNS(=O)(=O)N1CC[C@@H](F)C1. The Morgan fingerprint density at radius 2 is 1.74 bits per heavy atom. The molecular weight excluding hydrogens is 739 g/mol. The van der Waals surface area contributed by atoms with E-state index in [1.807, 2.05) is 0 Å². The number of carbonyl (C=O) groups excluding carboxylic acids is 1. The number of carbonyl (C=O) groups is 1. The van der Waals surface area contributed by atoms with Gasteiger partial charge < -0.3 is 0 Å². The van der Waals surface area contributed by atoms with Gasteiger partial charge in [-0.15, -0.1) is 11.3 Å². The van der Waals surface area contributed by atoms with E-state index in [1.165, 1.54) is 34.2 Å². The van der Waals surface area contributed by atoms with Crippen LogP contribution in [0.15, 0.2) is 54.6 Å². The second kappa shape index (κ2) is 15.0. The first kappa shape index (κ1) is 36.3. The molecule has 17 heteroatoms. The molecule has 2 saturated heterocycles. The Balaban J connectivity index is 1.43. The highest BCUT2D eigenvalue weighted by Crippen LogP contribution is 2.37. The summed E-state index contributed by atoms with van der Waals surface area (Å²) in [5, 5.41) is 7.03. The van der Waals surface area contributed by atoms with Gasteiger partial charge in [-0.25, -0.2) is 14.1 Å². The van der Waals surface area contributed by atoms with Gasteiger partial charge in [0.15, 0.2) is 5.69 Å². The largest absolute Gasteiger partial charge is 0.416 e. The molecule has 0 unspecified atom stereocenters. The lowest BCUT2D eigenvalue weighted by Crippen LogP contribution is -2.45. The molecule has 0 radical (unpaired) electrons. The summed E-state index contributed by atoms with van der Waals surface area (Å²) in [4.78, 5) is 14.9. The summed E-state index contributed by atoms with van der Waals surface area (Å²) in [6, 6.07) is 12.6. The van der Waals surface area contributed by atoms with Crippen LogP contribution in [-0.2, 0) is 22.9 Å². The Bertz CT molecular complexity index is 2050. The van der Waals surface area contributed by atoms with E-state index in [1.54, 1.807) is 29.3 Å². The molecule has 264 valence electrons. The first-order valence-corrected chi connectivity index (χ1v) is 18.6. The molecule has 0 spiro atoms. The maximum atomic E-state index is 14.0. The smallest absolute Gasteiger partial charge is 0.283 e. The van der Waals surface area contributed by atoms with E-state index < -0.39 is 34.0 Å². The topological polar surface area (TPSA) is 99.6 Å². The fraction of sp³-hybridized carbons (Fsp3) is 0.333. The van der Waals surface area contributed by atoms with Crippen LogP contribution in [0.2, 0.25) is 10.0 Å². The van der Waals surface area contributed by atoms with Crippen molar-refractivity contribution < 1.29 is 30.8 Å². The molecule has 1 atom stereocenters. The summed E-state index contributed by atoms with van der Waals surface area (Å²) >= 11 is 14.0. The molecule has 1 amide bonds. The minimum atomic E-state index is -4.47. The van der Waals surface area contributed by atoms with Crippen LogP contribution >= 0.6 is 34.5 Å². The monoisotopic (exact) mass is 768 g/mol. The normalized spacial score (nSPS) is 17.4. The van der Waals surface area contributed by atoms with Crippen molar-refractivity contribution in [1.82, 2.24) is 29.2 Å². The van der Waals surface area contributed by atoms with Gasteiger partial charge in [-0.05, 0) is 73.9 Å². The summed E-state index contributed by atoms with van der Waals surface area (Å²) in [6.07, 6.45) is -2.85. The zero-order valence-corrected chi connectivity index (χ0v) is 29.4. The predicted octanol–water partition coefficient (Wildman–Crippen LogP) is 6.84. The van der Waals surface area contributed by atoms with Crippen molar-refractivity contribution in [3.63, 3.8) is 0 Å². The fourth-order valence-electron chi connectivity index (χ4n) is 5.65. The van der Waals surface area contributed by atoms with E-state index in [9.17, 15) is 30.8 Å². The Labute approximate surface area is 300 Å². The van der Waals surface area contributed by atoms with Gasteiger partial charge in [0.1, 0.15) is 6.17 Å². The van der Waals surface area contributed by atoms with E-state index in [0.29, 0.717) is 44.8 Å². The lowest BCUT2D eigenvalue weighted by atomic mass is 10.1. The summed E-state index contributed by atoms with van der Waals surface area (Å²) in [6.45, 7) is 0.627. The quantitative estimate of drug-likeness (QED) is 0.151. The predicted molar refractivity (Wildman–Crippen MR) is 184 cm³/mol. The number of piperidine rings is 1. The van der Waals surface area contributed by atoms with Crippen LogP contribution in [0.4, 0.5) is 17.6 Å². The zero-order valence-electron chi connectivity index (χ0n) is 26.2. The van der Waals surface area contributed by atoms with Crippen LogP contribution in [0.3, 0.4) is 0 Å². The Morgan fingerprint density at radius 1 is 1.00 bits per heavy atom. The molecule has 0 saturated carbocycles. The number of alkyl halides is 4. The minimum Gasteiger partial charge on any atom is -0.283 e. The van der Waals surface area contributed by atoms with Gasteiger partial charge in [0.05, 0.1) is 31.7 Å². The maximum absolute atomic E-state index is 14.0. The molecule has 0 aliphatic carbocycles. The van der Waals surface area contributed by atoms with Crippen LogP contribution in [0, 0.1) is 11.8 Å². The zero-order chi connectivity index (χ0) is 35.6. The third-order valence-corrected chi connectivity index (χ3v) is 11.3.